The van der Waals surface area contributed by atoms with Gasteiger partial charge >= 0.3 is 0 Å². The van der Waals surface area contributed by atoms with E-state index in [1.54, 1.807) is 12.3 Å². The maximum absolute atomic E-state index is 11.4. The molecule has 6 heteroatoms. The number of thiophene rings is 1. The van der Waals surface area contributed by atoms with E-state index in [1.807, 2.05) is 36.4 Å². The Morgan fingerprint density at radius 2 is 2.14 bits per heavy atom. The molecule has 3 rings (SSSR count). The highest BCUT2D eigenvalue weighted by molar-refractivity contribution is 7.14. The molecule has 0 aliphatic heterocycles. The number of rotatable bonds is 4. The second-order valence-electron chi connectivity index (χ2n) is 4.39. The van der Waals surface area contributed by atoms with Crippen molar-refractivity contribution in [3.05, 3.63) is 58.4 Å². The Bertz CT molecular complexity index is 785. The van der Waals surface area contributed by atoms with E-state index in [2.05, 4.69) is 10.4 Å². The molecule has 0 saturated carbocycles. The zero-order valence-electron chi connectivity index (χ0n) is 11.1. The third-order valence-electron chi connectivity index (χ3n) is 2.96. The quantitative estimate of drug-likeness (QED) is 0.441. The van der Waals surface area contributed by atoms with Crippen LogP contribution in [0.1, 0.15) is 14.5 Å². The summed E-state index contributed by atoms with van der Waals surface area (Å²) in [6, 6.07) is 13.4. The molecule has 2 aromatic heterocycles. The maximum Gasteiger partial charge on any atom is 0.275 e. The van der Waals surface area contributed by atoms with E-state index >= 15 is 0 Å². The average molecular weight is 299 g/mol. The largest absolute Gasteiger partial charge is 0.486 e. The molecule has 0 unspecified atom stereocenters. The molecule has 3 aromatic rings. The molecular formula is C15H13N3O2S. The van der Waals surface area contributed by atoms with E-state index in [0.29, 0.717) is 17.2 Å². The minimum atomic E-state index is -0.293. The molecule has 0 radical (unpaired) electrons. The average Bonchev–Trinajstić information content (AvgIpc) is 3.01. The lowest BCUT2D eigenvalue weighted by Crippen LogP contribution is -2.29. The van der Waals surface area contributed by atoms with Crippen LogP contribution in [0.25, 0.3) is 10.9 Å². The zero-order chi connectivity index (χ0) is 14.7. The number of nitrogen functional groups attached to an aromatic ring is 1. The van der Waals surface area contributed by atoms with E-state index in [1.165, 1.54) is 11.3 Å². The first-order chi connectivity index (χ1) is 10.3. The lowest BCUT2D eigenvalue weighted by molar-refractivity contribution is 0.0957. The van der Waals surface area contributed by atoms with Crippen LogP contribution in [-0.2, 0) is 6.61 Å². The number of nitrogens with two attached hydrogens (primary N) is 1. The van der Waals surface area contributed by atoms with Gasteiger partial charge in [-0.25, -0.2) is 5.84 Å². The van der Waals surface area contributed by atoms with E-state index < -0.39 is 0 Å². The SMILES string of the molecule is NNC(=O)c1ccc(COc2cnc3ccccc3c2)s1. The Morgan fingerprint density at radius 3 is 3.00 bits per heavy atom. The van der Waals surface area contributed by atoms with Crippen LogP contribution in [0.4, 0.5) is 0 Å². The molecular weight excluding hydrogens is 286 g/mol. The van der Waals surface area contributed by atoms with Crippen molar-refractivity contribution >= 4 is 28.1 Å². The lowest BCUT2D eigenvalue weighted by Gasteiger charge is -2.05. The molecule has 0 saturated heterocycles. The van der Waals surface area contributed by atoms with Gasteiger partial charge in [-0.2, -0.15) is 0 Å². The molecule has 1 amide bonds. The molecule has 3 N–H and O–H groups in total. The summed E-state index contributed by atoms with van der Waals surface area (Å²) in [5.41, 5.74) is 3.04. The van der Waals surface area contributed by atoms with Crippen LogP contribution < -0.4 is 16.0 Å². The number of pyridine rings is 1. The van der Waals surface area contributed by atoms with Gasteiger partial charge in [-0.05, 0) is 24.3 Å². The highest BCUT2D eigenvalue weighted by Gasteiger charge is 2.08. The Hall–Kier alpha value is -2.44. The first kappa shape index (κ1) is 13.5. The molecule has 106 valence electrons. The van der Waals surface area contributed by atoms with Gasteiger partial charge in [0.25, 0.3) is 5.91 Å². The van der Waals surface area contributed by atoms with Crippen molar-refractivity contribution in [1.29, 1.82) is 0 Å². The first-order valence-electron chi connectivity index (χ1n) is 6.33. The van der Waals surface area contributed by atoms with Crippen molar-refractivity contribution in [1.82, 2.24) is 10.4 Å². The van der Waals surface area contributed by atoms with Gasteiger partial charge in [-0.15, -0.1) is 11.3 Å². The zero-order valence-corrected chi connectivity index (χ0v) is 11.9. The van der Waals surface area contributed by atoms with Crippen LogP contribution in [0.2, 0.25) is 0 Å². The van der Waals surface area contributed by atoms with E-state index in [4.69, 9.17) is 10.6 Å². The predicted molar refractivity (Wildman–Crippen MR) is 82.0 cm³/mol. The molecule has 0 bridgehead atoms. The smallest absolute Gasteiger partial charge is 0.275 e. The summed E-state index contributed by atoms with van der Waals surface area (Å²) in [5.74, 6) is 5.51. The number of ether oxygens (including phenoxy) is 1. The number of amides is 1. The van der Waals surface area contributed by atoms with Gasteiger partial charge in [-0.3, -0.25) is 15.2 Å². The van der Waals surface area contributed by atoms with Gasteiger partial charge in [0.05, 0.1) is 16.6 Å². The van der Waals surface area contributed by atoms with Crippen LogP contribution in [0, 0.1) is 0 Å². The van der Waals surface area contributed by atoms with Crippen LogP contribution in [-0.4, -0.2) is 10.9 Å². The standard InChI is InChI=1S/C15H13N3O2S/c16-18-15(19)14-6-5-12(21-14)9-20-11-7-10-3-1-2-4-13(10)17-8-11/h1-8H,9,16H2,(H,18,19). The molecule has 21 heavy (non-hydrogen) atoms. The molecule has 0 atom stereocenters. The minimum absolute atomic E-state index is 0.293. The van der Waals surface area contributed by atoms with Gasteiger partial charge in [0.15, 0.2) is 0 Å². The van der Waals surface area contributed by atoms with Crippen molar-refractivity contribution in [2.75, 3.05) is 0 Å². The molecule has 2 heterocycles. The number of nitrogens with zero attached hydrogens (tertiary/aromatic N) is 1. The van der Waals surface area contributed by atoms with Gasteiger partial charge in [0, 0.05) is 10.3 Å². The minimum Gasteiger partial charge on any atom is -0.486 e. The summed E-state index contributed by atoms with van der Waals surface area (Å²) >= 11 is 1.35. The van der Waals surface area contributed by atoms with E-state index in [0.717, 1.165) is 15.8 Å². The number of hydrazine groups is 1. The van der Waals surface area contributed by atoms with Crippen molar-refractivity contribution in [3.63, 3.8) is 0 Å². The van der Waals surface area contributed by atoms with Crippen molar-refractivity contribution in [2.24, 2.45) is 5.84 Å². The number of carbonyl (C=O) groups is 1. The molecule has 1 aromatic carbocycles. The molecule has 0 aliphatic rings. The fourth-order valence-corrected chi connectivity index (χ4v) is 2.76. The second kappa shape index (κ2) is 5.90. The van der Waals surface area contributed by atoms with Gasteiger partial charge in [0.2, 0.25) is 0 Å². The Labute approximate surface area is 125 Å². The van der Waals surface area contributed by atoms with Crippen molar-refractivity contribution in [2.45, 2.75) is 6.61 Å². The van der Waals surface area contributed by atoms with Crippen molar-refractivity contribution in [3.8, 4) is 5.75 Å². The number of hydrogen-bond donors (Lipinski definition) is 2. The topological polar surface area (TPSA) is 77.2 Å². The Morgan fingerprint density at radius 1 is 1.29 bits per heavy atom. The monoisotopic (exact) mass is 299 g/mol. The summed E-state index contributed by atoms with van der Waals surface area (Å²) in [5, 5.41) is 1.03. The second-order valence-corrected chi connectivity index (χ2v) is 5.56. The number of carbonyl (C=O) groups excluding carboxylic acids is 1. The van der Waals surface area contributed by atoms with Crippen LogP contribution >= 0.6 is 11.3 Å². The summed E-state index contributed by atoms with van der Waals surface area (Å²) < 4.78 is 5.71. The number of fused-ring (bicyclic) bond motifs is 1. The molecule has 0 fully saturated rings. The molecule has 0 aliphatic carbocycles. The van der Waals surface area contributed by atoms with Crippen molar-refractivity contribution < 1.29 is 9.53 Å². The summed E-state index contributed by atoms with van der Waals surface area (Å²) in [7, 11) is 0. The normalized spacial score (nSPS) is 10.5. The summed E-state index contributed by atoms with van der Waals surface area (Å²) in [4.78, 5) is 17.2. The highest BCUT2D eigenvalue weighted by Crippen LogP contribution is 2.21. The Kier molecular flexibility index (Phi) is 3.81. The van der Waals surface area contributed by atoms with Gasteiger partial charge in [0.1, 0.15) is 12.4 Å². The fourth-order valence-electron chi connectivity index (χ4n) is 1.93. The predicted octanol–water partition coefficient (Wildman–Crippen LogP) is 2.48. The first-order valence-corrected chi connectivity index (χ1v) is 7.15. The number of hydrogen-bond acceptors (Lipinski definition) is 5. The highest BCUT2D eigenvalue weighted by atomic mass is 32.1. The van der Waals surface area contributed by atoms with Gasteiger partial charge < -0.3 is 4.74 Å². The lowest BCUT2D eigenvalue weighted by atomic mass is 10.2. The molecule has 5 nitrogen and oxygen atoms in total. The third-order valence-corrected chi connectivity index (χ3v) is 4.02. The third kappa shape index (κ3) is 3.01. The van der Waals surface area contributed by atoms with Crippen LogP contribution in [0.15, 0.2) is 48.7 Å². The number of aromatic nitrogens is 1. The van der Waals surface area contributed by atoms with E-state index in [9.17, 15) is 4.79 Å². The maximum atomic E-state index is 11.4. The molecule has 0 spiro atoms. The van der Waals surface area contributed by atoms with E-state index in [-0.39, 0.29) is 5.91 Å². The summed E-state index contributed by atoms with van der Waals surface area (Å²) in [6.45, 7) is 0.391. The fraction of sp³-hybridized carbons (Fsp3) is 0.0667. The number of nitrogens with one attached hydrogen (secondary N) is 1. The summed E-state index contributed by atoms with van der Waals surface area (Å²) in [6.07, 6.45) is 1.70. The Balaban J connectivity index is 1.71. The van der Waals surface area contributed by atoms with Gasteiger partial charge in [-0.1, -0.05) is 18.2 Å². The van der Waals surface area contributed by atoms with Crippen LogP contribution in [0.5, 0.6) is 5.75 Å². The van der Waals surface area contributed by atoms with Crippen LogP contribution in [0.3, 0.4) is 0 Å². The number of benzene rings is 1. The number of para-hydroxylation sites is 1.